The number of rotatable bonds is 7. The minimum atomic E-state index is -0.210. The van der Waals surface area contributed by atoms with Crippen LogP contribution in [-0.2, 0) is 6.42 Å². The largest absolute Gasteiger partial charge is 0.396 e. The average Bonchev–Trinajstić information content (AvgIpc) is 2.61. The van der Waals surface area contributed by atoms with Gasteiger partial charge in [-0.3, -0.25) is 0 Å². The number of aliphatic hydroxyl groups excluding tert-OH is 1. The zero-order valence-electron chi connectivity index (χ0n) is 14.4. The SMILES string of the molecule is CCc1cccc(C)c1NC(=O)NCC(CCO)c1ccccc1. The number of benzene rings is 2. The van der Waals surface area contributed by atoms with E-state index in [1.54, 1.807) is 0 Å². The molecule has 0 aliphatic rings. The number of aryl methyl sites for hydroxylation is 2. The monoisotopic (exact) mass is 326 g/mol. The molecule has 128 valence electrons. The van der Waals surface area contributed by atoms with Crippen LogP contribution in [0.15, 0.2) is 48.5 Å². The van der Waals surface area contributed by atoms with Crippen LogP contribution in [-0.4, -0.2) is 24.3 Å². The molecule has 0 aromatic heterocycles. The van der Waals surface area contributed by atoms with Crippen molar-refractivity contribution in [3.8, 4) is 0 Å². The second-order valence-electron chi connectivity index (χ2n) is 5.92. The van der Waals surface area contributed by atoms with Gasteiger partial charge in [-0.1, -0.05) is 55.5 Å². The highest BCUT2D eigenvalue weighted by atomic mass is 16.3. The van der Waals surface area contributed by atoms with E-state index in [0.29, 0.717) is 13.0 Å². The maximum atomic E-state index is 12.3. The number of amides is 2. The summed E-state index contributed by atoms with van der Waals surface area (Å²) in [6, 6.07) is 15.8. The topological polar surface area (TPSA) is 61.4 Å². The Labute approximate surface area is 143 Å². The summed E-state index contributed by atoms with van der Waals surface area (Å²) in [5.74, 6) is 0.101. The van der Waals surface area contributed by atoms with Crippen LogP contribution in [0.2, 0.25) is 0 Å². The number of nitrogens with one attached hydrogen (secondary N) is 2. The molecule has 0 aliphatic carbocycles. The van der Waals surface area contributed by atoms with Crippen LogP contribution in [0.1, 0.15) is 36.0 Å². The van der Waals surface area contributed by atoms with Gasteiger partial charge < -0.3 is 15.7 Å². The molecule has 0 spiro atoms. The van der Waals surface area contributed by atoms with Gasteiger partial charge in [-0.05, 0) is 36.5 Å². The third-order valence-corrected chi connectivity index (χ3v) is 4.24. The molecule has 0 bridgehead atoms. The van der Waals surface area contributed by atoms with Gasteiger partial charge >= 0.3 is 6.03 Å². The summed E-state index contributed by atoms with van der Waals surface area (Å²) in [7, 11) is 0. The lowest BCUT2D eigenvalue weighted by atomic mass is 9.96. The van der Waals surface area contributed by atoms with Crippen molar-refractivity contribution >= 4 is 11.7 Å². The molecule has 0 aliphatic heterocycles. The van der Waals surface area contributed by atoms with E-state index in [2.05, 4.69) is 17.6 Å². The predicted octanol–water partition coefficient (Wildman–Crippen LogP) is 3.85. The van der Waals surface area contributed by atoms with Gasteiger partial charge in [0.1, 0.15) is 0 Å². The Morgan fingerprint density at radius 2 is 1.88 bits per heavy atom. The van der Waals surface area contributed by atoms with Crippen molar-refractivity contribution in [2.45, 2.75) is 32.6 Å². The third-order valence-electron chi connectivity index (χ3n) is 4.24. The van der Waals surface area contributed by atoms with Crippen molar-refractivity contribution in [3.63, 3.8) is 0 Å². The molecule has 2 aromatic carbocycles. The summed E-state index contributed by atoms with van der Waals surface area (Å²) in [4.78, 5) is 12.3. The van der Waals surface area contributed by atoms with Crippen LogP contribution in [0.5, 0.6) is 0 Å². The Kier molecular flexibility index (Phi) is 6.82. The van der Waals surface area contributed by atoms with Crippen LogP contribution >= 0.6 is 0 Å². The van der Waals surface area contributed by atoms with Gasteiger partial charge in [-0.15, -0.1) is 0 Å². The summed E-state index contributed by atoms with van der Waals surface area (Å²) >= 11 is 0. The number of hydrogen-bond acceptors (Lipinski definition) is 2. The molecule has 0 saturated heterocycles. The molecule has 0 fully saturated rings. The summed E-state index contributed by atoms with van der Waals surface area (Å²) in [5, 5.41) is 15.2. The molecule has 2 aromatic rings. The zero-order valence-corrected chi connectivity index (χ0v) is 14.4. The normalized spacial score (nSPS) is 11.8. The highest BCUT2D eigenvalue weighted by Gasteiger charge is 2.13. The van der Waals surface area contributed by atoms with Gasteiger partial charge in [-0.2, -0.15) is 0 Å². The Balaban J connectivity index is 1.99. The lowest BCUT2D eigenvalue weighted by molar-refractivity contribution is 0.248. The van der Waals surface area contributed by atoms with Crippen molar-refractivity contribution < 1.29 is 9.90 Å². The summed E-state index contributed by atoms with van der Waals surface area (Å²) in [5.41, 5.74) is 4.19. The molecule has 0 radical (unpaired) electrons. The zero-order chi connectivity index (χ0) is 17.4. The van der Waals surface area contributed by atoms with Crippen molar-refractivity contribution in [2.24, 2.45) is 0 Å². The molecule has 4 heteroatoms. The Morgan fingerprint density at radius 3 is 2.54 bits per heavy atom. The van der Waals surface area contributed by atoms with E-state index < -0.39 is 0 Å². The lowest BCUT2D eigenvalue weighted by Gasteiger charge is -2.18. The van der Waals surface area contributed by atoms with Gasteiger partial charge in [0, 0.05) is 24.8 Å². The van der Waals surface area contributed by atoms with E-state index in [-0.39, 0.29) is 18.6 Å². The minimum Gasteiger partial charge on any atom is -0.396 e. The first kappa shape index (κ1) is 18.0. The molecule has 2 rings (SSSR count). The summed E-state index contributed by atoms with van der Waals surface area (Å²) in [6.07, 6.45) is 1.49. The fraction of sp³-hybridized carbons (Fsp3) is 0.350. The maximum Gasteiger partial charge on any atom is 0.319 e. The first-order chi connectivity index (χ1) is 11.7. The Hall–Kier alpha value is -2.33. The summed E-state index contributed by atoms with van der Waals surface area (Å²) in [6.45, 7) is 4.65. The molecule has 2 amide bonds. The summed E-state index contributed by atoms with van der Waals surface area (Å²) < 4.78 is 0. The molecular weight excluding hydrogens is 300 g/mol. The smallest absolute Gasteiger partial charge is 0.319 e. The molecule has 1 atom stereocenters. The number of urea groups is 1. The van der Waals surface area contributed by atoms with E-state index in [9.17, 15) is 9.90 Å². The second-order valence-corrected chi connectivity index (χ2v) is 5.92. The highest BCUT2D eigenvalue weighted by Crippen LogP contribution is 2.21. The van der Waals surface area contributed by atoms with E-state index >= 15 is 0 Å². The standard InChI is InChI=1S/C20H26N2O2/c1-3-16-11-7-8-15(2)19(16)22-20(24)21-14-18(12-13-23)17-9-5-4-6-10-17/h4-11,18,23H,3,12-14H2,1-2H3,(H2,21,22,24). The highest BCUT2D eigenvalue weighted by molar-refractivity contribution is 5.91. The number of carbonyl (C=O) groups excluding carboxylic acids is 1. The van der Waals surface area contributed by atoms with Crippen LogP contribution in [0.4, 0.5) is 10.5 Å². The molecule has 1 unspecified atom stereocenters. The van der Waals surface area contributed by atoms with Gasteiger partial charge in [0.25, 0.3) is 0 Å². The van der Waals surface area contributed by atoms with Crippen LogP contribution in [0.3, 0.4) is 0 Å². The van der Waals surface area contributed by atoms with Gasteiger partial charge in [-0.25, -0.2) is 4.79 Å². The molecule has 0 saturated carbocycles. The molecule has 3 N–H and O–H groups in total. The van der Waals surface area contributed by atoms with Crippen molar-refractivity contribution in [1.82, 2.24) is 5.32 Å². The van der Waals surface area contributed by atoms with E-state index in [1.165, 1.54) is 0 Å². The second kappa shape index (κ2) is 9.08. The van der Waals surface area contributed by atoms with E-state index in [4.69, 9.17) is 0 Å². The maximum absolute atomic E-state index is 12.3. The van der Waals surface area contributed by atoms with Crippen molar-refractivity contribution in [1.29, 1.82) is 0 Å². The van der Waals surface area contributed by atoms with Crippen LogP contribution in [0.25, 0.3) is 0 Å². The first-order valence-corrected chi connectivity index (χ1v) is 8.44. The van der Waals surface area contributed by atoms with Crippen molar-refractivity contribution in [2.75, 3.05) is 18.5 Å². The fourth-order valence-electron chi connectivity index (χ4n) is 2.84. The predicted molar refractivity (Wildman–Crippen MR) is 98.5 cm³/mol. The Morgan fingerprint density at radius 1 is 1.12 bits per heavy atom. The van der Waals surface area contributed by atoms with Crippen LogP contribution in [0, 0.1) is 6.92 Å². The van der Waals surface area contributed by atoms with E-state index in [0.717, 1.165) is 28.8 Å². The third kappa shape index (κ3) is 4.83. The van der Waals surface area contributed by atoms with Gasteiger partial charge in [0.05, 0.1) is 0 Å². The number of aliphatic hydroxyl groups is 1. The molecule has 0 heterocycles. The Bertz CT molecular complexity index is 656. The number of carbonyl (C=O) groups is 1. The average molecular weight is 326 g/mol. The van der Waals surface area contributed by atoms with Gasteiger partial charge in [0.2, 0.25) is 0 Å². The number of anilines is 1. The van der Waals surface area contributed by atoms with E-state index in [1.807, 2.05) is 55.5 Å². The quantitative estimate of drug-likeness (QED) is 0.724. The molecule has 24 heavy (non-hydrogen) atoms. The first-order valence-electron chi connectivity index (χ1n) is 8.44. The fourth-order valence-corrected chi connectivity index (χ4v) is 2.84. The van der Waals surface area contributed by atoms with Gasteiger partial charge in [0.15, 0.2) is 0 Å². The molecular formula is C20H26N2O2. The molecule has 4 nitrogen and oxygen atoms in total. The minimum absolute atomic E-state index is 0.0979. The van der Waals surface area contributed by atoms with Crippen LogP contribution < -0.4 is 10.6 Å². The number of hydrogen-bond donors (Lipinski definition) is 3. The lowest BCUT2D eigenvalue weighted by Crippen LogP contribution is -2.33. The van der Waals surface area contributed by atoms with Crippen molar-refractivity contribution in [3.05, 3.63) is 65.2 Å². The number of para-hydroxylation sites is 1.